The van der Waals surface area contributed by atoms with Crippen molar-refractivity contribution in [1.29, 1.82) is 0 Å². The fourth-order valence-electron chi connectivity index (χ4n) is 3.55. The van der Waals surface area contributed by atoms with Crippen LogP contribution in [0.3, 0.4) is 0 Å². The summed E-state index contributed by atoms with van der Waals surface area (Å²) in [6.07, 6.45) is 7.91. The maximum atomic E-state index is 6.19. The van der Waals surface area contributed by atoms with E-state index in [0.717, 1.165) is 52.2 Å². The zero-order valence-electron chi connectivity index (χ0n) is 16.0. The zero-order chi connectivity index (χ0) is 20.5. The van der Waals surface area contributed by atoms with Crippen LogP contribution in [0, 0.1) is 0 Å². The number of aromatic nitrogens is 6. The average Bonchev–Trinajstić information content (AvgIpc) is 3.26. The number of halogens is 1. The van der Waals surface area contributed by atoms with Crippen molar-refractivity contribution >= 4 is 38.5 Å². The molecule has 3 aromatic heterocycles. The van der Waals surface area contributed by atoms with Crippen LogP contribution in [-0.2, 0) is 13.0 Å². The first kappa shape index (κ1) is 18.6. The fraction of sp³-hybridized carbons (Fsp3) is 0.143. The van der Waals surface area contributed by atoms with Gasteiger partial charge in [-0.25, -0.2) is 9.97 Å². The second-order valence-electron chi connectivity index (χ2n) is 7.05. The number of aromatic amines is 2. The van der Waals surface area contributed by atoms with Crippen LogP contribution in [0.4, 0.5) is 11.6 Å². The SMILES string of the molecule is Nc1[nH]ncc(-c2cnc3ccccc3c2)cnc(N2CCc3nc[nH]c3C2)c1Br. The number of benzene rings is 1. The Morgan fingerprint density at radius 1 is 1.03 bits per heavy atom. The molecule has 0 radical (unpaired) electrons. The minimum Gasteiger partial charge on any atom is -0.383 e. The maximum absolute atomic E-state index is 6.19. The van der Waals surface area contributed by atoms with Gasteiger partial charge in [0.15, 0.2) is 0 Å². The van der Waals surface area contributed by atoms with Gasteiger partial charge in [-0.15, -0.1) is 0 Å². The number of nitrogens with one attached hydrogen (secondary N) is 2. The maximum Gasteiger partial charge on any atom is 0.147 e. The molecule has 0 spiro atoms. The number of nitrogen functional groups attached to an aromatic ring is 1. The molecule has 4 N–H and O–H groups in total. The van der Waals surface area contributed by atoms with Crippen molar-refractivity contribution in [2.75, 3.05) is 17.2 Å². The monoisotopic (exact) mass is 462 g/mol. The van der Waals surface area contributed by atoms with Crippen LogP contribution in [0.5, 0.6) is 0 Å². The average molecular weight is 463 g/mol. The Morgan fingerprint density at radius 2 is 1.90 bits per heavy atom. The lowest BCUT2D eigenvalue weighted by atomic mass is 10.1. The molecule has 9 heteroatoms. The van der Waals surface area contributed by atoms with Crippen LogP contribution >= 0.6 is 15.9 Å². The highest BCUT2D eigenvalue weighted by Gasteiger charge is 2.21. The van der Waals surface area contributed by atoms with E-state index in [4.69, 9.17) is 10.7 Å². The van der Waals surface area contributed by atoms with Gasteiger partial charge < -0.3 is 15.6 Å². The standard InChI is InChI=1S/C21H19BrN8/c22-19-20(23)29-28-10-15(14-7-13-3-1-2-4-16(13)24-8-14)9-25-21(19)30-6-5-17-18(11-30)27-12-26-17/h1-4,7-10,12,29H,5-6,11,23H2,(H,26,27). The summed E-state index contributed by atoms with van der Waals surface area (Å²) >= 11 is 3.59. The van der Waals surface area contributed by atoms with Crippen molar-refractivity contribution in [3.8, 4) is 11.1 Å². The molecule has 0 saturated heterocycles. The number of nitrogens with two attached hydrogens (primary N) is 1. The Balaban J connectivity index is 1.61. The summed E-state index contributed by atoms with van der Waals surface area (Å²) in [6.45, 7) is 1.47. The number of para-hydroxylation sites is 1. The Hall–Kier alpha value is -3.46. The van der Waals surface area contributed by atoms with Crippen molar-refractivity contribution in [3.63, 3.8) is 0 Å². The molecule has 5 rings (SSSR count). The molecular formula is C21H19BrN8. The van der Waals surface area contributed by atoms with Crippen LogP contribution < -0.4 is 10.6 Å². The van der Waals surface area contributed by atoms with Gasteiger partial charge in [-0.3, -0.25) is 10.1 Å². The van der Waals surface area contributed by atoms with E-state index >= 15 is 0 Å². The van der Waals surface area contributed by atoms with Gasteiger partial charge in [0, 0.05) is 41.9 Å². The Labute approximate surface area is 181 Å². The van der Waals surface area contributed by atoms with E-state index in [1.165, 1.54) is 0 Å². The van der Waals surface area contributed by atoms with Gasteiger partial charge in [-0.05, 0) is 28.1 Å². The summed E-state index contributed by atoms with van der Waals surface area (Å²) < 4.78 is 0.664. The predicted molar refractivity (Wildman–Crippen MR) is 120 cm³/mol. The summed E-state index contributed by atoms with van der Waals surface area (Å²) in [7, 11) is 0. The highest BCUT2D eigenvalue weighted by atomic mass is 79.9. The van der Waals surface area contributed by atoms with E-state index in [2.05, 4.69) is 52.0 Å². The van der Waals surface area contributed by atoms with Crippen molar-refractivity contribution in [3.05, 3.63) is 71.1 Å². The second kappa shape index (κ2) is 7.75. The van der Waals surface area contributed by atoms with E-state index < -0.39 is 0 Å². The normalized spacial score (nSPS) is 13.2. The van der Waals surface area contributed by atoms with Crippen LogP contribution in [0.1, 0.15) is 11.4 Å². The molecule has 0 aliphatic carbocycles. The van der Waals surface area contributed by atoms with E-state index in [-0.39, 0.29) is 0 Å². The first-order valence-corrected chi connectivity index (χ1v) is 10.3. The molecule has 4 aromatic rings. The number of anilines is 2. The van der Waals surface area contributed by atoms with Gasteiger partial charge in [0.2, 0.25) is 0 Å². The fourth-order valence-corrected chi connectivity index (χ4v) is 4.00. The summed E-state index contributed by atoms with van der Waals surface area (Å²) in [5, 5.41) is 8.22. The minimum atomic E-state index is 0.395. The van der Waals surface area contributed by atoms with Gasteiger partial charge >= 0.3 is 0 Å². The lowest BCUT2D eigenvalue weighted by molar-refractivity contribution is 0.700. The molecule has 0 fully saturated rings. The van der Waals surface area contributed by atoms with Crippen LogP contribution in [-0.4, -0.2) is 36.7 Å². The summed E-state index contributed by atoms with van der Waals surface area (Å²) in [5.41, 5.74) is 11.1. The Morgan fingerprint density at radius 3 is 2.83 bits per heavy atom. The third-order valence-corrected chi connectivity index (χ3v) is 5.93. The minimum absolute atomic E-state index is 0.395. The van der Waals surface area contributed by atoms with Gasteiger partial charge in [0.25, 0.3) is 0 Å². The predicted octanol–water partition coefficient (Wildman–Crippen LogP) is 3.77. The number of hydrogen-bond donors (Lipinski definition) is 3. The number of fused-ring (bicyclic) bond motifs is 2. The number of nitrogens with zero attached hydrogens (tertiary/aromatic N) is 5. The first-order valence-electron chi connectivity index (χ1n) is 9.53. The number of imidazole rings is 1. The van der Waals surface area contributed by atoms with Gasteiger partial charge in [0.05, 0.1) is 36.0 Å². The largest absolute Gasteiger partial charge is 0.383 e. The van der Waals surface area contributed by atoms with Gasteiger partial charge in [-0.2, -0.15) is 5.10 Å². The summed E-state index contributed by atoms with van der Waals surface area (Å²) in [6, 6.07) is 10.1. The summed E-state index contributed by atoms with van der Waals surface area (Å²) in [5.74, 6) is 1.13. The van der Waals surface area contributed by atoms with Gasteiger partial charge in [-0.1, -0.05) is 18.2 Å². The lowest BCUT2D eigenvalue weighted by Crippen LogP contribution is -2.31. The van der Waals surface area contributed by atoms with E-state index in [1.807, 2.05) is 30.5 Å². The zero-order valence-corrected chi connectivity index (χ0v) is 17.6. The highest BCUT2D eigenvalue weighted by Crippen LogP contribution is 2.30. The van der Waals surface area contributed by atoms with E-state index in [9.17, 15) is 0 Å². The van der Waals surface area contributed by atoms with Crippen LogP contribution in [0.15, 0.2) is 59.7 Å². The lowest BCUT2D eigenvalue weighted by Gasteiger charge is -2.27. The molecule has 1 aliphatic heterocycles. The third kappa shape index (κ3) is 3.48. The smallest absolute Gasteiger partial charge is 0.147 e. The highest BCUT2D eigenvalue weighted by molar-refractivity contribution is 9.10. The van der Waals surface area contributed by atoms with E-state index in [0.29, 0.717) is 16.8 Å². The topological polar surface area (TPSA) is 112 Å². The van der Waals surface area contributed by atoms with E-state index in [1.54, 1.807) is 18.7 Å². The molecular weight excluding hydrogens is 444 g/mol. The molecule has 0 unspecified atom stereocenters. The molecule has 4 heterocycles. The second-order valence-corrected chi connectivity index (χ2v) is 7.84. The molecule has 0 amide bonds. The molecule has 8 nitrogen and oxygen atoms in total. The molecule has 150 valence electrons. The van der Waals surface area contributed by atoms with Crippen LogP contribution in [0.2, 0.25) is 0 Å². The summed E-state index contributed by atoms with van der Waals surface area (Å²) in [4.78, 5) is 19.1. The van der Waals surface area contributed by atoms with Gasteiger partial charge in [0.1, 0.15) is 16.1 Å². The molecule has 30 heavy (non-hydrogen) atoms. The molecule has 0 atom stereocenters. The quantitative estimate of drug-likeness (QED) is 0.417. The van der Waals surface area contributed by atoms with Crippen LogP contribution in [0.25, 0.3) is 22.0 Å². The van der Waals surface area contributed by atoms with Crippen molar-refractivity contribution in [2.45, 2.75) is 13.0 Å². The van der Waals surface area contributed by atoms with Crippen molar-refractivity contribution < 1.29 is 0 Å². The molecule has 0 bridgehead atoms. The number of hydrogen-bond acceptors (Lipinski definition) is 6. The van der Waals surface area contributed by atoms with Crippen molar-refractivity contribution in [2.24, 2.45) is 0 Å². The molecule has 1 aliphatic rings. The third-order valence-electron chi connectivity index (χ3n) is 5.15. The number of rotatable bonds is 2. The molecule has 1 aromatic carbocycles. The van der Waals surface area contributed by atoms with Crippen molar-refractivity contribution in [1.82, 2.24) is 30.1 Å². The first-order chi connectivity index (χ1) is 14.7. The number of H-pyrrole nitrogens is 2. The number of pyridine rings is 1. The molecule has 0 saturated carbocycles. The Kier molecular flexibility index (Phi) is 4.80. The Bertz CT molecular complexity index is 1280.